The number of aryl methyl sites for hydroxylation is 1. The average molecular weight is 598 g/mol. The highest BCUT2D eigenvalue weighted by molar-refractivity contribution is 7.91. The summed E-state index contributed by atoms with van der Waals surface area (Å²) in [4.78, 5) is 31.0. The van der Waals surface area contributed by atoms with Crippen LogP contribution in [0.5, 0.6) is 0 Å². The summed E-state index contributed by atoms with van der Waals surface area (Å²) in [7, 11) is -1.28. The number of carbonyl (C=O) groups excluding carboxylic acids is 1. The maximum atomic E-state index is 13.7. The molecular formula is C29H32ClN5O5S. The monoisotopic (exact) mass is 597 g/mol. The second kappa shape index (κ2) is 12.7. The number of ether oxygens (including phenoxy) is 1. The number of nitrogens with one attached hydrogen (secondary N) is 1. The van der Waals surface area contributed by atoms with Crippen molar-refractivity contribution in [2.75, 3.05) is 57.4 Å². The third-order valence-electron chi connectivity index (χ3n) is 7.26. The van der Waals surface area contributed by atoms with Gasteiger partial charge >= 0.3 is 0 Å². The highest BCUT2D eigenvalue weighted by atomic mass is 35.5. The quantitative estimate of drug-likeness (QED) is 0.425. The fraction of sp³-hybridized carbons (Fsp3) is 0.414. The number of fused-ring (bicyclic) bond motifs is 1. The van der Waals surface area contributed by atoms with Crippen molar-refractivity contribution < 1.29 is 17.9 Å². The standard InChI is InChI=1S/C29H32ClN5O5S/c1-33-27-23(3-2-8-34-11-15-41(38,39)16-12-34)17-22(20-35-9-13-40-14-10-35)18-25(27)28(36)26(32-33)29(37)31-19-21-4-6-24(30)7-5-21/h4-7,17-18H,8-16,19-20H2,1H3,(H,31,37). The summed E-state index contributed by atoms with van der Waals surface area (Å²) < 4.78 is 30.5. The maximum Gasteiger partial charge on any atom is 0.276 e. The number of amides is 1. The molecule has 1 N–H and O–H groups in total. The van der Waals surface area contributed by atoms with Crippen LogP contribution in [0.15, 0.2) is 41.2 Å². The minimum Gasteiger partial charge on any atom is -0.379 e. The normalized spacial score (nSPS) is 17.6. The van der Waals surface area contributed by atoms with E-state index in [-0.39, 0.29) is 23.7 Å². The van der Waals surface area contributed by atoms with Crippen molar-refractivity contribution in [1.82, 2.24) is 24.9 Å². The Hall–Kier alpha value is -3.27. The molecule has 0 radical (unpaired) electrons. The molecule has 0 saturated carbocycles. The molecule has 12 heteroatoms. The zero-order valence-electron chi connectivity index (χ0n) is 22.9. The van der Waals surface area contributed by atoms with E-state index in [1.54, 1.807) is 31.3 Å². The molecule has 0 spiro atoms. The third-order valence-corrected chi connectivity index (χ3v) is 9.12. The van der Waals surface area contributed by atoms with Crippen LogP contribution in [0.1, 0.15) is 27.2 Å². The molecule has 0 unspecified atom stereocenters. The summed E-state index contributed by atoms with van der Waals surface area (Å²) >= 11 is 5.95. The Kier molecular flexibility index (Phi) is 9.06. The van der Waals surface area contributed by atoms with Gasteiger partial charge in [-0.25, -0.2) is 8.42 Å². The molecule has 0 bridgehead atoms. The highest BCUT2D eigenvalue weighted by Gasteiger charge is 2.22. The predicted octanol–water partition coefficient (Wildman–Crippen LogP) is 1.43. The first-order valence-electron chi connectivity index (χ1n) is 13.5. The van der Waals surface area contributed by atoms with Crippen molar-refractivity contribution in [3.05, 3.63) is 74.0 Å². The van der Waals surface area contributed by atoms with Gasteiger partial charge in [0.15, 0.2) is 15.5 Å². The smallest absolute Gasteiger partial charge is 0.276 e. The van der Waals surface area contributed by atoms with E-state index in [2.05, 4.69) is 27.2 Å². The van der Waals surface area contributed by atoms with Crippen LogP contribution in [0, 0.1) is 11.8 Å². The Morgan fingerprint density at radius 3 is 2.46 bits per heavy atom. The van der Waals surface area contributed by atoms with Gasteiger partial charge in [0.1, 0.15) is 0 Å². The van der Waals surface area contributed by atoms with Crippen LogP contribution in [0.3, 0.4) is 0 Å². The van der Waals surface area contributed by atoms with Gasteiger partial charge in [-0.05, 0) is 35.4 Å². The number of benzene rings is 2. The molecule has 5 rings (SSSR count). The zero-order valence-corrected chi connectivity index (χ0v) is 24.4. The molecule has 3 heterocycles. The number of nitrogens with zero attached hydrogens (tertiary/aromatic N) is 4. The number of morpholine rings is 1. The molecule has 0 aliphatic carbocycles. The number of aromatic nitrogens is 2. The van der Waals surface area contributed by atoms with Gasteiger partial charge in [0, 0.05) is 51.3 Å². The first kappa shape index (κ1) is 29.2. The molecule has 2 saturated heterocycles. The van der Waals surface area contributed by atoms with Gasteiger partial charge in [-0.15, -0.1) is 0 Å². The highest BCUT2D eigenvalue weighted by Crippen LogP contribution is 2.20. The lowest BCUT2D eigenvalue weighted by atomic mass is 10.0. The molecule has 10 nitrogen and oxygen atoms in total. The van der Waals surface area contributed by atoms with E-state index in [0.717, 1.165) is 24.2 Å². The van der Waals surface area contributed by atoms with Crippen molar-refractivity contribution in [1.29, 1.82) is 0 Å². The topological polar surface area (TPSA) is 114 Å². The summed E-state index contributed by atoms with van der Waals surface area (Å²) in [5.41, 5.74) is 2.28. The molecule has 1 amide bonds. The molecule has 0 atom stereocenters. The SMILES string of the molecule is Cn1nc(C(=O)NCc2ccc(Cl)cc2)c(=O)c2cc(CN3CCOCC3)cc(C#CCN3CCS(=O)(=O)CC3)c21. The van der Waals surface area contributed by atoms with E-state index in [0.29, 0.717) is 60.9 Å². The minimum atomic E-state index is -2.97. The van der Waals surface area contributed by atoms with Gasteiger partial charge in [-0.1, -0.05) is 35.6 Å². The summed E-state index contributed by atoms with van der Waals surface area (Å²) in [5.74, 6) is 6.07. The number of carbonyl (C=O) groups is 1. The van der Waals surface area contributed by atoms with E-state index in [1.807, 2.05) is 17.0 Å². The summed E-state index contributed by atoms with van der Waals surface area (Å²) in [6, 6.07) is 10.9. The molecule has 2 aliphatic heterocycles. The van der Waals surface area contributed by atoms with Crippen molar-refractivity contribution in [3.8, 4) is 11.8 Å². The Labute approximate surface area is 244 Å². The summed E-state index contributed by atoms with van der Waals surface area (Å²) in [6.07, 6.45) is 0. The molecule has 216 valence electrons. The first-order valence-corrected chi connectivity index (χ1v) is 15.7. The van der Waals surface area contributed by atoms with E-state index in [9.17, 15) is 18.0 Å². The molecule has 1 aromatic heterocycles. The molecule has 2 aliphatic rings. The molecule has 3 aromatic rings. The molecule has 2 fully saturated rings. The fourth-order valence-corrected chi connectivity index (χ4v) is 6.37. The van der Waals surface area contributed by atoms with Gasteiger partial charge in [0.25, 0.3) is 5.91 Å². The van der Waals surface area contributed by atoms with Crippen molar-refractivity contribution >= 4 is 38.2 Å². The van der Waals surface area contributed by atoms with Gasteiger partial charge in [-0.2, -0.15) is 5.10 Å². The van der Waals surface area contributed by atoms with Gasteiger partial charge in [0.2, 0.25) is 5.43 Å². The Balaban J connectivity index is 1.46. The maximum absolute atomic E-state index is 13.7. The minimum absolute atomic E-state index is 0.133. The van der Waals surface area contributed by atoms with Crippen molar-refractivity contribution in [2.24, 2.45) is 7.05 Å². The Morgan fingerprint density at radius 2 is 1.76 bits per heavy atom. The lowest BCUT2D eigenvalue weighted by Gasteiger charge is -2.26. The van der Waals surface area contributed by atoms with E-state index < -0.39 is 21.2 Å². The lowest BCUT2D eigenvalue weighted by molar-refractivity contribution is 0.0342. The van der Waals surface area contributed by atoms with Gasteiger partial charge in [0.05, 0.1) is 47.7 Å². The Bertz CT molecular complexity index is 1660. The van der Waals surface area contributed by atoms with E-state index in [4.69, 9.17) is 16.3 Å². The number of rotatable bonds is 6. The van der Waals surface area contributed by atoms with Crippen LogP contribution in [0.2, 0.25) is 5.02 Å². The molecular weight excluding hydrogens is 566 g/mol. The zero-order chi connectivity index (χ0) is 29.0. The number of hydrogen-bond donors (Lipinski definition) is 1. The van der Waals surface area contributed by atoms with Crippen molar-refractivity contribution in [2.45, 2.75) is 13.1 Å². The first-order chi connectivity index (χ1) is 19.7. The predicted molar refractivity (Wildman–Crippen MR) is 158 cm³/mol. The van der Waals surface area contributed by atoms with Crippen LogP contribution in [0.25, 0.3) is 10.9 Å². The number of hydrogen-bond acceptors (Lipinski definition) is 8. The van der Waals surface area contributed by atoms with Crippen LogP contribution < -0.4 is 10.7 Å². The van der Waals surface area contributed by atoms with Crippen LogP contribution in [0.4, 0.5) is 0 Å². The lowest BCUT2D eigenvalue weighted by Crippen LogP contribution is -2.40. The number of sulfone groups is 1. The average Bonchev–Trinajstić information content (AvgIpc) is 2.95. The second-order valence-corrected chi connectivity index (χ2v) is 13.0. The van der Waals surface area contributed by atoms with Crippen LogP contribution in [-0.4, -0.2) is 91.3 Å². The number of halogens is 1. The second-order valence-electron chi connectivity index (χ2n) is 10.3. The van der Waals surface area contributed by atoms with Crippen LogP contribution >= 0.6 is 11.6 Å². The molecule has 2 aromatic carbocycles. The summed E-state index contributed by atoms with van der Waals surface area (Å²) in [6.45, 7) is 5.01. The van der Waals surface area contributed by atoms with E-state index >= 15 is 0 Å². The Morgan fingerprint density at radius 1 is 1.05 bits per heavy atom. The van der Waals surface area contributed by atoms with Gasteiger partial charge in [-0.3, -0.25) is 24.1 Å². The summed E-state index contributed by atoms with van der Waals surface area (Å²) in [5, 5.41) is 8.10. The van der Waals surface area contributed by atoms with E-state index in [1.165, 1.54) is 4.68 Å². The van der Waals surface area contributed by atoms with Crippen molar-refractivity contribution in [3.63, 3.8) is 0 Å². The fourth-order valence-electron chi connectivity index (χ4n) is 4.96. The largest absolute Gasteiger partial charge is 0.379 e. The molecule has 41 heavy (non-hydrogen) atoms. The van der Waals surface area contributed by atoms with Crippen LogP contribution in [-0.2, 0) is 34.7 Å². The van der Waals surface area contributed by atoms with Gasteiger partial charge < -0.3 is 10.1 Å². The third kappa shape index (κ3) is 7.33.